The predicted molar refractivity (Wildman–Crippen MR) is 79.9 cm³/mol. The lowest BCUT2D eigenvalue weighted by Crippen LogP contribution is -2.19. The summed E-state index contributed by atoms with van der Waals surface area (Å²) >= 11 is 0. The fourth-order valence-electron chi connectivity index (χ4n) is 2.49. The molecule has 0 bridgehead atoms. The second-order valence-corrected chi connectivity index (χ2v) is 7.60. The van der Waals surface area contributed by atoms with Gasteiger partial charge in [0.05, 0.1) is 11.4 Å². The smallest absolute Gasteiger partial charge is 0.232 e. The molecule has 4 heteroatoms. The van der Waals surface area contributed by atoms with Gasteiger partial charge in [-0.3, -0.25) is 4.72 Å². The molecule has 1 aromatic rings. The van der Waals surface area contributed by atoms with Crippen LogP contribution in [0.4, 0.5) is 5.69 Å². The van der Waals surface area contributed by atoms with E-state index in [0.29, 0.717) is 12.3 Å². The van der Waals surface area contributed by atoms with E-state index in [1.165, 1.54) is 17.5 Å². The lowest BCUT2D eigenvalue weighted by molar-refractivity contribution is 0.577. The SMILES string of the molecule is CC(C)CCS(=O)(=O)Nc1cccc2c1CCCC2. The number of hydrogen-bond donors (Lipinski definition) is 1. The number of anilines is 1. The number of benzene rings is 1. The third-order valence-corrected chi connectivity index (χ3v) is 4.93. The topological polar surface area (TPSA) is 46.2 Å². The van der Waals surface area contributed by atoms with Crippen LogP contribution < -0.4 is 4.72 Å². The molecule has 0 amide bonds. The van der Waals surface area contributed by atoms with Crippen molar-refractivity contribution < 1.29 is 8.42 Å². The first-order valence-electron chi connectivity index (χ1n) is 7.09. The number of sulfonamides is 1. The van der Waals surface area contributed by atoms with Gasteiger partial charge in [-0.05, 0) is 55.2 Å². The Hall–Kier alpha value is -1.03. The zero-order valence-electron chi connectivity index (χ0n) is 11.8. The van der Waals surface area contributed by atoms with E-state index < -0.39 is 10.0 Å². The molecule has 106 valence electrons. The summed E-state index contributed by atoms with van der Waals surface area (Å²) in [5.41, 5.74) is 3.29. The van der Waals surface area contributed by atoms with Crippen LogP contribution in [0.1, 0.15) is 44.2 Å². The molecule has 1 aliphatic carbocycles. The van der Waals surface area contributed by atoms with Gasteiger partial charge in [-0.1, -0.05) is 26.0 Å². The van der Waals surface area contributed by atoms with E-state index in [1.807, 2.05) is 26.0 Å². The van der Waals surface area contributed by atoms with Gasteiger partial charge in [0.15, 0.2) is 0 Å². The van der Waals surface area contributed by atoms with Crippen molar-refractivity contribution in [3.63, 3.8) is 0 Å². The molecule has 1 aliphatic rings. The zero-order chi connectivity index (χ0) is 13.9. The number of fused-ring (bicyclic) bond motifs is 1. The van der Waals surface area contributed by atoms with Crippen molar-refractivity contribution in [3.8, 4) is 0 Å². The second-order valence-electron chi connectivity index (χ2n) is 5.75. The molecule has 0 radical (unpaired) electrons. The highest BCUT2D eigenvalue weighted by Gasteiger charge is 2.17. The van der Waals surface area contributed by atoms with Crippen LogP contribution in [0.25, 0.3) is 0 Å². The normalized spacial score (nSPS) is 15.3. The van der Waals surface area contributed by atoms with Crippen LogP contribution in [0.15, 0.2) is 18.2 Å². The van der Waals surface area contributed by atoms with Crippen molar-refractivity contribution in [2.24, 2.45) is 5.92 Å². The Morgan fingerprint density at radius 3 is 2.68 bits per heavy atom. The van der Waals surface area contributed by atoms with Crippen molar-refractivity contribution in [2.75, 3.05) is 10.5 Å². The second kappa shape index (κ2) is 5.95. The number of hydrogen-bond acceptors (Lipinski definition) is 2. The monoisotopic (exact) mass is 281 g/mol. The largest absolute Gasteiger partial charge is 0.283 e. The van der Waals surface area contributed by atoms with Crippen LogP contribution in [0.2, 0.25) is 0 Å². The molecular weight excluding hydrogens is 258 g/mol. The van der Waals surface area contributed by atoms with Gasteiger partial charge in [-0.25, -0.2) is 8.42 Å². The fourth-order valence-corrected chi connectivity index (χ4v) is 3.90. The molecule has 0 saturated carbocycles. The zero-order valence-corrected chi connectivity index (χ0v) is 12.6. The van der Waals surface area contributed by atoms with Crippen LogP contribution in [0.3, 0.4) is 0 Å². The molecule has 0 spiro atoms. The van der Waals surface area contributed by atoms with E-state index in [0.717, 1.165) is 24.9 Å². The maximum Gasteiger partial charge on any atom is 0.232 e. The average molecular weight is 281 g/mol. The Morgan fingerprint density at radius 1 is 1.21 bits per heavy atom. The van der Waals surface area contributed by atoms with Gasteiger partial charge in [0, 0.05) is 0 Å². The third kappa shape index (κ3) is 3.96. The van der Waals surface area contributed by atoms with Crippen LogP contribution >= 0.6 is 0 Å². The van der Waals surface area contributed by atoms with Crippen molar-refractivity contribution in [2.45, 2.75) is 46.0 Å². The molecule has 0 atom stereocenters. The Bertz CT molecular complexity index is 535. The molecular formula is C15H23NO2S. The predicted octanol–water partition coefficient (Wildman–Crippen LogP) is 3.35. The van der Waals surface area contributed by atoms with Gasteiger partial charge in [0.2, 0.25) is 10.0 Å². The molecule has 3 nitrogen and oxygen atoms in total. The minimum atomic E-state index is -3.21. The van der Waals surface area contributed by atoms with Gasteiger partial charge >= 0.3 is 0 Å². The summed E-state index contributed by atoms with van der Waals surface area (Å²) in [5.74, 6) is 0.607. The molecule has 0 fully saturated rings. The molecule has 0 unspecified atom stereocenters. The maximum atomic E-state index is 12.1. The molecule has 1 N–H and O–H groups in total. The van der Waals surface area contributed by atoms with Crippen molar-refractivity contribution in [1.29, 1.82) is 0 Å². The first kappa shape index (κ1) is 14.4. The third-order valence-electron chi connectivity index (χ3n) is 3.63. The average Bonchev–Trinajstić information content (AvgIpc) is 2.37. The molecule has 0 aromatic heterocycles. The summed E-state index contributed by atoms with van der Waals surface area (Å²) in [5, 5.41) is 0. The number of aryl methyl sites for hydroxylation is 1. The minimum absolute atomic E-state index is 0.203. The first-order valence-corrected chi connectivity index (χ1v) is 8.74. The Kier molecular flexibility index (Phi) is 4.50. The van der Waals surface area contributed by atoms with E-state index in [4.69, 9.17) is 0 Å². The molecule has 0 saturated heterocycles. The van der Waals surface area contributed by atoms with Gasteiger partial charge in [0.25, 0.3) is 0 Å². The van der Waals surface area contributed by atoms with E-state index in [1.54, 1.807) is 0 Å². The highest BCUT2D eigenvalue weighted by Crippen LogP contribution is 2.28. The van der Waals surface area contributed by atoms with Gasteiger partial charge < -0.3 is 0 Å². The van der Waals surface area contributed by atoms with Gasteiger partial charge in [-0.15, -0.1) is 0 Å². The van der Waals surface area contributed by atoms with E-state index >= 15 is 0 Å². The molecule has 0 aliphatic heterocycles. The minimum Gasteiger partial charge on any atom is -0.283 e. The van der Waals surface area contributed by atoms with Crippen molar-refractivity contribution >= 4 is 15.7 Å². The lowest BCUT2D eigenvalue weighted by atomic mass is 9.91. The molecule has 1 aromatic carbocycles. The van der Waals surface area contributed by atoms with Crippen molar-refractivity contribution in [3.05, 3.63) is 29.3 Å². The van der Waals surface area contributed by atoms with E-state index in [2.05, 4.69) is 10.8 Å². The highest BCUT2D eigenvalue weighted by atomic mass is 32.2. The van der Waals surface area contributed by atoms with Gasteiger partial charge in [0.1, 0.15) is 0 Å². The van der Waals surface area contributed by atoms with Crippen molar-refractivity contribution in [1.82, 2.24) is 0 Å². The quantitative estimate of drug-likeness (QED) is 0.899. The molecule has 19 heavy (non-hydrogen) atoms. The van der Waals surface area contributed by atoms with E-state index in [-0.39, 0.29) is 5.75 Å². The number of rotatable bonds is 5. The summed E-state index contributed by atoms with van der Waals surface area (Å²) in [4.78, 5) is 0. The fraction of sp³-hybridized carbons (Fsp3) is 0.600. The lowest BCUT2D eigenvalue weighted by Gasteiger charge is -2.20. The van der Waals surface area contributed by atoms with Gasteiger partial charge in [-0.2, -0.15) is 0 Å². The first-order chi connectivity index (χ1) is 8.98. The van der Waals surface area contributed by atoms with E-state index in [9.17, 15) is 8.42 Å². The summed E-state index contributed by atoms with van der Waals surface area (Å²) < 4.78 is 26.9. The number of nitrogens with one attached hydrogen (secondary N) is 1. The Labute approximate surface area is 116 Å². The Balaban J connectivity index is 2.15. The summed E-state index contributed by atoms with van der Waals surface area (Å²) in [6, 6.07) is 5.95. The standard InChI is InChI=1S/C15H23NO2S/c1-12(2)10-11-19(17,18)16-15-9-5-7-13-6-3-4-8-14(13)15/h5,7,9,12,16H,3-4,6,8,10-11H2,1-2H3. The summed E-state index contributed by atoms with van der Waals surface area (Å²) in [6.07, 6.45) is 5.10. The van der Waals surface area contributed by atoms with Crippen LogP contribution in [-0.2, 0) is 22.9 Å². The van der Waals surface area contributed by atoms with Crippen LogP contribution in [-0.4, -0.2) is 14.2 Å². The van der Waals surface area contributed by atoms with Crippen LogP contribution in [0.5, 0.6) is 0 Å². The summed E-state index contributed by atoms with van der Waals surface area (Å²) in [6.45, 7) is 4.08. The maximum absolute atomic E-state index is 12.1. The van der Waals surface area contributed by atoms with Crippen LogP contribution in [0, 0.1) is 5.92 Å². The Morgan fingerprint density at radius 2 is 1.95 bits per heavy atom. The highest BCUT2D eigenvalue weighted by molar-refractivity contribution is 7.92. The summed E-state index contributed by atoms with van der Waals surface area (Å²) in [7, 11) is -3.21. The molecule has 2 rings (SSSR count). The molecule has 0 heterocycles.